The normalized spacial score (nSPS) is 10.5. The third kappa shape index (κ3) is 4.15. The highest BCUT2D eigenvalue weighted by Crippen LogP contribution is 2.24. The highest BCUT2D eigenvalue weighted by molar-refractivity contribution is 6.30. The van der Waals surface area contributed by atoms with Gasteiger partial charge in [-0.1, -0.05) is 29.8 Å². The van der Waals surface area contributed by atoms with Crippen molar-refractivity contribution in [2.75, 3.05) is 11.9 Å². The number of phenolic OH excluding ortho intramolecular Hbond substituents is 1. The molecule has 1 heterocycles. The van der Waals surface area contributed by atoms with Crippen LogP contribution in [0.25, 0.3) is 5.69 Å². The number of carbonyl (C=O) groups excluding carboxylic acids is 2. The van der Waals surface area contributed by atoms with Crippen LogP contribution in [0.2, 0.25) is 5.02 Å². The first-order valence-corrected chi connectivity index (χ1v) is 8.81. The Morgan fingerprint density at radius 3 is 2.57 bits per heavy atom. The lowest BCUT2D eigenvalue weighted by Crippen LogP contribution is -2.21. The number of aromatic hydroxyl groups is 1. The molecular weight excluding hydrogens is 382 g/mol. The average Bonchev–Trinajstić information content (AvgIpc) is 2.95. The molecule has 1 aromatic heterocycles. The Hall–Kier alpha value is -3.32. The number of aryl methyl sites for hydroxylation is 1. The largest absolute Gasteiger partial charge is 0.507 e. The van der Waals surface area contributed by atoms with Crippen LogP contribution in [0.4, 0.5) is 5.69 Å². The summed E-state index contributed by atoms with van der Waals surface area (Å²) >= 11 is 5.73. The summed E-state index contributed by atoms with van der Waals surface area (Å²) in [5.41, 5.74) is 2.74. The molecule has 1 amide bonds. The van der Waals surface area contributed by atoms with E-state index in [0.717, 1.165) is 11.4 Å². The molecule has 28 heavy (non-hydrogen) atoms. The van der Waals surface area contributed by atoms with Crippen LogP contribution in [-0.2, 0) is 9.53 Å². The Labute approximate surface area is 166 Å². The van der Waals surface area contributed by atoms with Crippen LogP contribution in [-0.4, -0.2) is 33.4 Å². The van der Waals surface area contributed by atoms with E-state index in [1.807, 2.05) is 37.3 Å². The number of para-hydroxylation sites is 1. The van der Waals surface area contributed by atoms with Crippen molar-refractivity contribution in [3.8, 4) is 11.4 Å². The summed E-state index contributed by atoms with van der Waals surface area (Å²) in [4.78, 5) is 24.3. The predicted octanol–water partition coefficient (Wildman–Crippen LogP) is 3.64. The molecule has 3 rings (SSSR count). The monoisotopic (exact) mass is 399 g/mol. The summed E-state index contributed by atoms with van der Waals surface area (Å²) in [6, 6.07) is 13.5. The first-order chi connectivity index (χ1) is 13.4. The molecule has 0 saturated carbocycles. The number of nitrogens with one attached hydrogen (secondary N) is 1. The van der Waals surface area contributed by atoms with Gasteiger partial charge in [0, 0.05) is 5.02 Å². The quantitative estimate of drug-likeness (QED) is 0.639. The zero-order chi connectivity index (χ0) is 20.3. The molecule has 0 atom stereocenters. The first-order valence-electron chi connectivity index (χ1n) is 8.44. The number of phenols is 1. The number of amides is 1. The van der Waals surface area contributed by atoms with E-state index < -0.39 is 18.5 Å². The number of nitrogens with zero attached hydrogens (tertiary/aromatic N) is 2. The van der Waals surface area contributed by atoms with E-state index in [-0.39, 0.29) is 16.3 Å². The number of benzene rings is 2. The SMILES string of the molecule is Cc1nn(-c2ccccc2)c(C)c1NC(=O)COC(=O)c1ccc(Cl)cc1O. The molecule has 0 spiro atoms. The van der Waals surface area contributed by atoms with Crippen LogP contribution in [0.1, 0.15) is 21.7 Å². The molecule has 2 N–H and O–H groups in total. The van der Waals surface area contributed by atoms with E-state index in [0.29, 0.717) is 11.4 Å². The van der Waals surface area contributed by atoms with Crippen molar-refractivity contribution in [3.05, 3.63) is 70.5 Å². The fourth-order valence-corrected chi connectivity index (χ4v) is 2.87. The standard InChI is InChI=1S/C20H18ClN3O4/c1-12-19(13(2)24(23-12)15-6-4-3-5-7-15)22-18(26)11-28-20(27)16-9-8-14(21)10-17(16)25/h3-10,25H,11H2,1-2H3,(H,22,26). The van der Waals surface area contributed by atoms with E-state index in [2.05, 4.69) is 10.4 Å². The average molecular weight is 400 g/mol. The highest BCUT2D eigenvalue weighted by atomic mass is 35.5. The number of hydrogen-bond acceptors (Lipinski definition) is 5. The second kappa shape index (κ2) is 8.14. The van der Waals surface area contributed by atoms with Crippen LogP contribution < -0.4 is 5.32 Å². The lowest BCUT2D eigenvalue weighted by molar-refractivity contribution is -0.119. The molecule has 3 aromatic rings. The van der Waals surface area contributed by atoms with Crippen LogP contribution in [0.15, 0.2) is 48.5 Å². The van der Waals surface area contributed by atoms with Crippen molar-refractivity contribution in [1.82, 2.24) is 9.78 Å². The number of hydrogen-bond donors (Lipinski definition) is 2. The molecule has 144 valence electrons. The first kappa shape index (κ1) is 19.4. The van der Waals surface area contributed by atoms with Crippen molar-refractivity contribution in [1.29, 1.82) is 0 Å². The molecule has 0 aliphatic heterocycles. The molecule has 8 heteroatoms. The van der Waals surface area contributed by atoms with Gasteiger partial charge in [-0.25, -0.2) is 9.48 Å². The van der Waals surface area contributed by atoms with Gasteiger partial charge in [0.1, 0.15) is 11.3 Å². The molecule has 0 radical (unpaired) electrons. The third-order valence-electron chi connectivity index (χ3n) is 4.07. The van der Waals surface area contributed by atoms with Gasteiger partial charge in [0.15, 0.2) is 6.61 Å². The number of rotatable bonds is 5. The molecule has 0 aliphatic rings. The maximum Gasteiger partial charge on any atom is 0.342 e. The summed E-state index contributed by atoms with van der Waals surface area (Å²) in [7, 11) is 0. The number of esters is 1. The minimum absolute atomic E-state index is 0.0681. The number of ether oxygens (including phenoxy) is 1. The smallest absolute Gasteiger partial charge is 0.342 e. The highest BCUT2D eigenvalue weighted by Gasteiger charge is 2.18. The molecule has 0 fully saturated rings. The van der Waals surface area contributed by atoms with E-state index in [1.54, 1.807) is 11.6 Å². The van der Waals surface area contributed by atoms with Gasteiger partial charge in [-0.05, 0) is 44.2 Å². The van der Waals surface area contributed by atoms with Crippen LogP contribution in [0.5, 0.6) is 5.75 Å². The molecule has 2 aromatic carbocycles. The van der Waals surface area contributed by atoms with Crippen molar-refractivity contribution >= 4 is 29.2 Å². The Balaban J connectivity index is 1.67. The van der Waals surface area contributed by atoms with E-state index in [1.165, 1.54) is 18.2 Å². The van der Waals surface area contributed by atoms with Gasteiger partial charge in [-0.3, -0.25) is 4.79 Å². The summed E-state index contributed by atoms with van der Waals surface area (Å²) in [5.74, 6) is -1.65. The summed E-state index contributed by atoms with van der Waals surface area (Å²) in [6.07, 6.45) is 0. The Bertz CT molecular complexity index is 1030. The van der Waals surface area contributed by atoms with Crippen molar-refractivity contribution < 1.29 is 19.4 Å². The minimum Gasteiger partial charge on any atom is -0.507 e. The molecule has 0 aliphatic carbocycles. The Morgan fingerprint density at radius 2 is 1.89 bits per heavy atom. The van der Waals surface area contributed by atoms with Crippen LogP contribution in [0, 0.1) is 13.8 Å². The van der Waals surface area contributed by atoms with E-state index >= 15 is 0 Å². The number of carbonyl (C=O) groups is 2. The van der Waals surface area contributed by atoms with Gasteiger partial charge in [0.25, 0.3) is 5.91 Å². The van der Waals surface area contributed by atoms with Crippen molar-refractivity contribution in [3.63, 3.8) is 0 Å². The molecule has 7 nitrogen and oxygen atoms in total. The van der Waals surface area contributed by atoms with Gasteiger partial charge in [0.05, 0.1) is 22.8 Å². The van der Waals surface area contributed by atoms with Crippen molar-refractivity contribution in [2.45, 2.75) is 13.8 Å². The van der Waals surface area contributed by atoms with Crippen LogP contribution >= 0.6 is 11.6 Å². The van der Waals surface area contributed by atoms with Gasteiger partial charge in [-0.2, -0.15) is 5.10 Å². The summed E-state index contributed by atoms with van der Waals surface area (Å²) in [6.45, 7) is 3.11. The number of halogens is 1. The lowest BCUT2D eigenvalue weighted by Gasteiger charge is -2.08. The zero-order valence-corrected chi connectivity index (χ0v) is 16.0. The van der Waals surface area contributed by atoms with Gasteiger partial charge in [0.2, 0.25) is 0 Å². The van der Waals surface area contributed by atoms with Gasteiger partial charge < -0.3 is 15.2 Å². The second-order valence-corrected chi connectivity index (χ2v) is 6.52. The Kier molecular flexibility index (Phi) is 5.65. The van der Waals surface area contributed by atoms with E-state index in [4.69, 9.17) is 16.3 Å². The predicted molar refractivity (Wildman–Crippen MR) is 105 cm³/mol. The molecule has 0 saturated heterocycles. The van der Waals surface area contributed by atoms with Crippen LogP contribution in [0.3, 0.4) is 0 Å². The second-order valence-electron chi connectivity index (χ2n) is 6.08. The molecule has 0 bridgehead atoms. The fraction of sp³-hybridized carbons (Fsp3) is 0.150. The third-order valence-corrected chi connectivity index (χ3v) is 4.31. The minimum atomic E-state index is -0.822. The summed E-state index contributed by atoms with van der Waals surface area (Å²) < 4.78 is 6.70. The topological polar surface area (TPSA) is 93.5 Å². The van der Waals surface area contributed by atoms with Crippen molar-refractivity contribution in [2.24, 2.45) is 0 Å². The maximum atomic E-state index is 12.2. The number of aromatic nitrogens is 2. The maximum absolute atomic E-state index is 12.2. The molecular formula is C20H18ClN3O4. The summed E-state index contributed by atoms with van der Waals surface area (Å²) in [5, 5.41) is 17.2. The number of anilines is 1. The Morgan fingerprint density at radius 1 is 1.18 bits per heavy atom. The lowest BCUT2D eigenvalue weighted by atomic mass is 10.2. The zero-order valence-electron chi connectivity index (χ0n) is 15.3. The fourth-order valence-electron chi connectivity index (χ4n) is 2.71. The van der Waals surface area contributed by atoms with Gasteiger partial charge >= 0.3 is 5.97 Å². The molecule has 0 unspecified atom stereocenters. The van der Waals surface area contributed by atoms with Gasteiger partial charge in [-0.15, -0.1) is 0 Å². The van der Waals surface area contributed by atoms with E-state index in [9.17, 15) is 14.7 Å².